The van der Waals surface area contributed by atoms with Crippen molar-refractivity contribution in [2.75, 3.05) is 13.8 Å². The van der Waals surface area contributed by atoms with Crippen LogP contribution in [0.1, 0.15) is 18.1 Å². The van der Waals surface area contributed by atoms with Gasteiger partial charge in [-0.05, 0) is 44.0 Å². The fourth-order valence-corrected chi connectivity index (χ4v) is 2.88. The van der Waals surface area contributed by atoms with E-state index in [4.69, 9.17) is 9.05 Å². The first-order valence-electron chi connectivity index (χ1n) is 7.01. The first-order chi connectivity index (χ1) is 10.3. The zero-order valence-corrected chi connectivity index (χ0v) is 14.4. The van der Waals surface area contributed by atoms with E-state index in [0.29, 0.717) is 6.54 Å². The lowest BCUT2D eigenvalue weighted by molar-refractivity contribution is 0.327. The molecule has 0 amide bonds. The molecule has 1 atom stereocenters. The molecule has 6 nitrogen and oxygen atoms in total. The third-order valence-electron chi connectivity index (χ3n) is 3.30. The average Bonchev–Trinajstić information content (AvgIpc) is 2.73. The first-order valence-corrected chi connectivity index (χ1v) is 9.00. The van der Waals surface area contributed by atoms with Crippen molar-refractivity contribution in [2.45, 2.75) is 27.3 Å². The SMILES string of the molecule is CCn1cc(OP(C)(=O)OC)c(=O)n1-c1cc(C)cc(C)c1. The maximum atomic E-state index is 12.6. The minimum absolute atomic E-state index is 0.0219. The summed E-state index contributed by atoms with van der Waals surface area (Å²) in [5, 5.41) is 0. The van der Waals surface area contributed by atoms with Crippen LogP contribution in [0.15, 0.2) is 29.2 Å². The summed E-state index contributed by atoms with van der Waals surface area (Å²) in [6.45, 7) is 7.78. The molecule has 0 aliphatic carbocycles. The Morgan fingerprint density at radius 3 is 2.27 bits per heavy atom. The monoisotopic (exact) mass is 324 g/mol. The molecule has 0 bridgehead atoms. The molecule has 22 heavy (non-hydrogen) atoms. The van der Waals surface area contributed by atoms with Crippen LogP contribution in [0, 0.1) is 13.8 Å². The fraction of sp³-hybridized carbons (Fsp3) is 0.400. The highest BCUT2D eigenvalue weighted by molar-refractivity contribution is 7.53. The molecule has 7 heteroatoms. The van der Waals surface area contributed by atoms with Gasteiger partial charge in [-0.2, -0.15) is 0 Å². The molecule has 2 rings (SSSR count). The van der Waals surface area contributed by atoms with Gasteiger partial charge in [-0.1, -0.05) is 6.07 Å². The van der Waals surface area contributed by atoms with E-state index in [1.165, 1.54) is 18.5 Å². The largest absolute Gasteiger partial charge is 0.417 e. The molecule has 0 spiro atoms. The van der Waals surface area contributed by atoms with Gasteiger partial charge in [-0.3, -0.25) is 9.48 Å². The first kappa shape index (κ1) is 16.6. The number of benzene rings is 1. The van der Waals surface area contributed by atoms with Crippen molar-refractivity contribution in [3.05, 3.63) is 45.9 Å². The van der Waals surface area contributed by atoms with Crippen LogP contribution in [0.2, 0.25) is 0 Å². The Labute approximate surface area is 129 Å². The van der Waals surface area contributed by atoms with Gasteiger partial charge < -0.3 is 9.05 Å². The third kappa shape index (κ3) is 3.34. The molecule has 0 saturated heterocycles. The Bertz CT molecular complexity index is 771. The van der Waals surface area contributed by atoms with Crippen molar-refractivity contribution in [1.29, 1.82) is 0 Å². The van der Waals surface area contributed by atoms with E-state index in [9.17, 15) is 9.36 Å². The van der Waals surface area contributed by atoms with Crippen LogP contribution in [0.5, 0.6) is 5.75 Å². The van der Waals surface area contributed by atoms with Gasteiger partial charge in [-0.15, -0.1) is 0 Å². The maximum Gasteiger partial charge on any atom is 0.376 e. The van der Waals surface area contributed by atoms with E-state index in [1.807, 2.05) is 39.0 Å². The van der Waals surface area contributed by atoms with Gasteiger partial charge >= 0.3 is 13.2 Å². The fourth-order valence-electron chi connectivity index (χ4n) is 2.32. The lowest BCUT2D eigenvalue weighted by Crippen LogP contribution is -2.21. The lowest BCUT2D eigenvalue weighted by Gasteiger charge is -2.10. The molecule has 1 aromatic heterocycles. The minimum atomic E-state index is -3.28. The van der Waals surface area contributed by atoms with Gasteiger partial charge in [-0.25, -0.2) is 9.25 Å². The third-order valence-corrected chi connectivity index (χ3v) is 4.49. The van der Waals surface area contributed by atoms with Gasteiger partial charge in [0.15, 0.2) is 0 Å². The molecule has 1 aromatic carbocycles. The second-order valence-electron chi connectivity index (χ2n) is 5.26. The molecular weight excluding hydrogens is 303 g/mol. The highest BCUT2D eigenvalue weighted by atomic mass is 31.2. The molecular formula is C15H21N2O4P. The molecule has 120 valence electrons. The van der Waals surface area contributed by atoms with Crippen molar-refractivity contribution in [3.63, 3.8) is 0 Å². The Balaban J connectivity index is 2.59. The number of aromatic nitrogens is 2. The Morgan fingerprint density at radius 1 is 1.18 bits per heavy atom. The van der Waals surface area contributed by atoms with Crippen LogP contribution in [-0.2, 0) is 15.6 Å². The number of hydrogen-bond acceptors (Lipinski definition) is 4. The van der Waals surface area contributed by atoms with E-state index < -0.39 is 7.60 Å². The smallest absolute Gasteiger partial charge is 0.376 e. The second kappa shape index (κ2) is 6.15. The van der Waals surface area contributed by atoms with E-state index in [1.54, 1.807) is 10.9 Å². The van der Waals surface area contributed by atoms with Gasteiger partial charge in [0.25, 0.3) is 0 Å². The summed E-state index contributed by atoms with van der Waals surface area (Å²) in [7, 11) is -1.98. The summed E-state index contributed by atoms with van der Waals surface area (Å²) in [5.41, 5.74) is 2.52. The molecule has 0 aliphatic heterocycles. The van der Waals surface area contributed by atoms with Crippen LogP contribution >= 0.6 is 7.60 Å². The van der Waals surface area contributed by atoms with E-state index in [-0.39, 0.29) is 11.3 Å². The number of hydrogen-bond donors (Lipinski definition) is 0. The summed E-state index contributed by atoms with van der Waals surface area (Å²) in [5.74, 6) is 0.0219. The normalized spacial score (nSPS) is 13.9. The highest BCUT2D eigenvalue weighted by Crippen LogP contribution is 2.42. The average molecular weight is 324 g/mol. The van der Waals surface area contributed by atoms with Gasteiger partial charge in [0.2, 0.25) is 5.75 Å². The molecule has 0 N–H and O–H groups in total. The van der Waals surface area contributed by atoms with E-state index in [2.05, 4.69) is 0 Å². The Kier molecular flexibility index (Phi) is 4.63. The summed E-state index contributed by atoms with van der Waals surface area (Å²) in [6, 6.07) is 5.88. The minimum Gasteiger partial charge on any atom is -0.417 e. The van der Waals surface area contributed by atoms with Crippen molar-refractivity contribution in [3.8, 4) is 11.4 Å². The molecule has 1 unspecified atom stereocenters. The van der Waals surface area contributed by atoms with E-state index >= 15 is 0 Å². The molecule has 1 heterocycles. The summed E-state index contributed by atoms with van der Waals surface area (Å²) >= 11 is 0. The van der Waals surface area contributed by atoms with Gasteiger partial charge in [0, 0.05) is 20.3 Å². The topological polar surface area (TPSA) is 62.5 Å². The zero-order valence-electron chi connectivity index (χ0n) is 13.5. The van der Waals surface area contributed by atoms with Gasteiger partial charge in [0.1, 0.15) is 0 Å². The lowest BCUT2D eigenvalue weighted by atomic mass is 10.1. The Morgan fingerprint density at radius 2 is 1.77 bits per heavy atom. The van der Waals surface area contributed by atoms with E-state index in [0.717, 1.165) is 16.8 Å². The quantitative estimate of drug-likeness (QED) is 0.793. The second-order valence-corrected chi connectivity index (χ2v) is 7.35. The van der Waals surface area contributed by atoms with Crippen LogP contribution in [0.4, 0.5) is 0 Å². The summed E-state index contributed by atoms with van der Waals surface area (Å²) in [4.78, 5) is 12.6. The summed E-state index contributed by atoms with van der Waals surface area (Å²) < 4.78 is 25.3. The number of rotatable bonds is 5. The predicted molar refractivity (Wildman–Crippen MR) is 86.3 cm³/mol. The van der Waals surface area contributed by atoms with Crippen molar-refractivity contribution < 1.29 is 13.6 Å². The van der Waals surface area contributed by atoms with Gasteiger partial charge in [0.05, 0.1) is 11.9 Å². The zero-order chi connectivity index (χ0) is 16.5. The summed E-state index contributed by atoms with van der Waals surface area (Å²) in [6.07, 6.45) is 1.55. The standard InChI is InChI=1S/C15H21N2O4P/c1-6-16-10-14(21-22(5,19)20-4)15(18)17(16)13-8-11(2)7-12(3)9-13/h7-10H,6H2,1-5H3. The highest BCUT2D eigenvalue weighted by Gasteiger charge is 2.22. The Hall–Kier alpha value is -1.78. The number of aryl methyl sites for hydroxylation is 3. The molecule has 0 aliphatic rings. The predicted octanol–water partition coefficient (Wildman–Crippen LogP) is 3.12. The van der Waals surface area contributed by atoms with Crippen LogP contribution in [0.25, 0.3) is 5.69 Å². The van der Waals surface area contributed by atoms with Crippen LogP contribution in [0.3, 0.4) is 0 Å². The molecule has 2 aromatic rings. The van der Waals surface area contributed by atoms with Crippen LogP contribution < -0.4 is 10.1 Å². The molecule has 0 saturated carbocycles. The van der Waals surface area contributed by atoms with Crippen molar-refractivity contribution in [1.82, 2.24) is 9.36 Å². The maximum absolute atomic E-state index is 12.6. The van der Waals surface area contributed by atoms with Crippen molar-refractivity contribution >= 4 is 7.60 Å². The van der Waals surface area contributed by atoms with Crippen LogP contribution in [-0.4, -0.2) is 23.1 Å². The molecule has 0 radical (unpaired) electrons. The number of nitrogens with zero attached hydrogens (tertiary/aromatic N) is 2. The van der Waals surface area contributed by atoms with Crippen molar-refractivity contribution in [2.24, 2.45) is 0 Å². The molecule has 0 fully saturated rings.